The first-order chi connectivity index (χ1) is 20.2. The monoisotopic (exact) mass is 626 g/mol. The van der Waals surface area contributed by atoms with E-state index in [4.69, 9.17) is 18.9 Å². The van der Waals surface area contributed by atoms with Crippen molar-refractivity contribution in [2.45, 2.75) is 117 Å². The van der Waals surface area contributed by atoms with Gasteiger partial charge in [0.15, 0.2) is 0 Å². The van der Waals surface area contributed by atoms with E-state index in [1.807, 2.05) is 24.3 Å². The van der Waals surface area contributed by atoms with Crippen LogP contribution in [0.2, 0.25) is 0 Å². The average Bonchev–Trinajstić information content (AvgIpc) is 3.80. The van der Waals surface area contributed by atoms with E-state index >= 15 is 0 Å². The summed E-state index contributed by atoms with van der Waals surface area (Å²) in [6, 6.07) is 7.87. The Morgan fingerprint density at radius 2 is 0.756 bits per heavy atom. The van der Waals surface area contributed by atoms with E-state index in [9.17, 15) is 0 Å². The summed E-state index contributed by atoms with van der Waals surface area (Å²) in [7, 11) is 0. The Hall–Kier alpha value is 0.281. The van der Waals surface area contributed by atoms with Gasteiger partial charge >= 0.3 is 60.8 Å². The molecule has 11 heteroatoms. The van der Waals surface area contributed by atoms with E-state index in [1.165, 1.54) is 51.4 Å². The minimum atomic E-state index is 0. The smallest absolute Gasteiger partial charge is 0.669 e. The van der Waals surface area contributed by atoms with Gasteiger partial charge in [-0.15, -0.1) is 24.2 Å². The van der Waals surface area contributed by atoms with Crippen LogP contribution in [0, 0.1) is 0 Å². The first-order valence-electron chi connectivity index (χ1n) is 16.0. The van der Waals surface area contributed by atoms with E-state index < -0.39 is 0 Å². The summed E-state index contributed by atoms with van der Waals surface area (Å²) < 4.78 is 19.8. The summed E-state index contributed by atoms with van der Waals surface area (Å²) in [4.78, 5) is 8.25. The third-order valence-corrected chi connectivity index (χ3v) is 5.97. The molecule has 0 amide bonds. The Labute approximate surface area is 316 Å². The van der Waals surface area contributed by atoms with Crippen molar-refractivity contribution in [2.24, 2.45) is 0 Å². The first kappa shape index (κ1) is 49.7. The van der Waals surface area contributed by atoms with Crippen molar-refractivity contribution < 1.29 is 56.7 Å². The van der Waals surface area contributed by atoms with Crippen LogP contribution in [0.15, 0.2) is 36.7 Å². The number of hydrogen-bond donors (Lipinski definition) is 0. The van der Waals surface area contributed by atoms with E-state index in [0.29, 0.717) is 0 Å². The molecule has 4 fully saturated rings. The van der Waals surface area contributed by atoms with Crippen molar-refractivity contribution in [3.63, 3.8) is 0 Å². The summed E-state index contributed by atoms with van der Waals surface area (Å²) in [6.07, 6.45) is 13.8. The molecular formula is C34H60Li2MgN4O4. The van der Waals surface area contributed by atoms with Crippen molar-refractivity contribution in [3.8, 4) is 0 Å². The van der Waals surface area contributed by atoms with Crippen LogP contribution in [0.1, 0.15) is 104 Å². The molecule has 0 unspecified atom stereocenters. The molecule has 4 aliphatic heterocycles. The van der Waals surface area contributed by atoms with E-state index in [0.717, 1.165) is 77.3 Å². The minimum absolute atomic E-state index is 0. The fourth-order valence-electron chi connectivity index (χ4n) is 3.54. The maximum Gasteiger partial charge on any atom is 2.00 e. The van der Waals surface area contributed by atoms with Crippen LogP contribution in [0.5, 0.6) is 0 Å². The summed E-state index contributed by atoms with van der Waals surface area (Å²) in [5, 5.41) is 8.87. The van der Waals surface area contributed by atoms with Gasteiger partial charge in [-0.1, -0.05) is 65.8 Å². The molecule has 45 heavy (non-hydrogen) atoms. The van der Waals surface area contributed by atoms with Gasteiger partial charge in [-0.25, -0.2) is 0 Å². The van der Waals surface area contributed by atoms with Gasteiger partial charge in [-0.3, -0.25) is 0 Å². The minimum Gasteiger partial charge on any atom is -0.669 e. The molecule has 8 nitrogen and oxygen atoms in total. The maximum atomic E-state index is 4.94. The van der Waals surface area contributed by atoms with Crippen LogP contribution in [-0.4, -0.2) is 87.0 Å². The van der Waals surface area contributed by atoms with Crippen LogP contribution in [0.3, 0.4) is 0 Å². The summed E-state index contributed by atoms with van der Waals surface area (Å²) in [6.45, 7) is 22.0. The number of ether oxygens (including phenoxy) is 4. The molecule has 244 valence electrons. The fourth-order valence-corrected chi connectivity index (χ4v) is 3.54. The third kappa shape index (κ3) is 37.0. The van der Waals surface area contributed by atoms with Crippen molar-refractivity contribution in [1.29, 1.82) is 0 Å². The van der Waals surface area contributed by atoms with E-state index in [1.54, 1.807) is 12.4 Å². The maximum absolute atomic E-state index is 4.94. The molecular weight excluding hydrogens is 567 g/mol. The van der Waals surface area contributed by atoms with Gasteiger partial charge in [-0.05, 0) is 51.4 Å². The molecule has 0 bridgehead atoms. The van der Waals surface area contributed by atoms with E-state index in [-0.39, 0.29) is 71.9 Å². The fraction of sp³-hybridized carbons (Fsp3) is 0.765. The molecule has 0 saturated carbocycles. The second-order valence-corrected chi connectivity index (χ2v) is 12.5. The number of rotatable bonds is 4. The van der Waals surface area contributed by atoms with Gasteiger partial charge in [0.2, 0.25) is 0 Å². The molecule has 0 N–H and O–H groups in total. The van der Waals surface area contributed by atoms with Crippen LogP contribution in [0.4, 0.5) is 0 Å². The average molecular weight is 627 g/mol. The molecule has 4 aliphatic rings. The second kappa shape index (κ2) is 32.8. The van der Waals surface area contributed by atoms with Crippen LogP contribution in [-0.2, 0) is 32.0 Å². The molecule has 2 aromatic heterocycles. The zero-order valence-electron chi connectivity index (χ0n) is 30.3. The molecule has 2 aromatic rings. The predicted octanol–water partition coefficient (Wildman–Crippen LogP) is 1.45. The quantitative estimate of drug-likeness (QED) is 0.477. The van der Waals surface area contributed by atoms with Crippen molar-refractivity contribution >= 4 is 23.1 Å². The SMILES string of the molecule is C1CCOC1.C1CCOC1.C1CCOC1.C1CCOC1.CC(C)(C)[N-]Cc1ccc[n-]1.CC(C)(C)[N-]Cc1ccc[n-]1.[Li+].[Li+].[Mg+2]. The number of aromatic nitrogens is 2. The molecule has 0 aromatic carbocycles. The third-order valence-electron chi connectivity index (χ3n) is 5.97. The molecule has 6 heterocycles. The van der Waals surface area contributed by atoms with Gasteiger partial charge in [-0.2, -0.15) is 23.8 Å². The van der Waals surface area contributed by atoms with Crippen molar-refractivity contribution in [2.75, 3.05) is 52.9 Å². The first-order valence-corrected chi connectivity index (χ1v) is 16.0. The van der Waals surface area contributed by atoms with Gasteiger partial charge in [0.05, 0.1) is 0 Å². The van der Waals surface area contributed by atoms with Gasteiger partial charge in [0.1, 0.15) is 0 Å². The van der Waals surface area contributed by atoms with Gasteiger partial charge in [0, 0.05) is 52.9 Å². The molecule has 0 atom stereocenters. The van der Waals surface area contributed by atoms with Gasteiger partial charge < -0.3 is 39.5 Å². The normalized spacial score (nSPS) is 16.5. The van der Waals surface area contributed by atoms with Crippen molar-refractivity contribution in [1.82, 2.24) is 9.97 Å². The van der Waals surface area contributed by atoms with Gasteiger partial charge in [0.25, 0.3) is 0 Å². The van der Waals surface area contributed by atoms with Crippen LogP contribution >= 0.6 is 0 Å². The Morgan fingerprint density at radius 3 is 0.889 bits per heavy atom. The zero-order valence-corrected chi connectivity index (χ0v) is 31.7. The molecule has 0 radical (unpaired) electrons. The molecule has 6 rings (SSSR count). The molecule has 4 saturated heterocycles. The predicted molar refractivity (Wildman–Crippen MR) is 179 cm³/mol. The number of hydrogen-bond acceptors (Lipinski definition) is 4. The Morgan fingerprint density at radius 1 is 0.511 bits per heavy atom. The Bertz CT molecular complexity index is 683. The summed E-state index contributed by atoms with van der Waals surface area (Å²) in [5.41, 5.74) is 2.22. The van der Waals surface area contributed by atoms with Crippen LogP contribution in [0.25, 0.3) is 10.6 Å². The summed E-state index contributed by atoms with van der Waals surface area (Å²) in [5.74, 6) is 0. The molecule has 0 aliphatic carbocycles. The Kier molecular flexibility index (Phi) is 36.2. The Balaban J connectivity index is -0.000000482. The van der Waals surface area contributed by atoms with Crippen molar-refractivity contribution in [3.05, 3.63) is 58.7 Å². The largest absolute Gasteiger partial charge is 2.00 e. The number of nitrogens with zero attached hydrogens (tertiary/aromatic N) is 4. The topological polar surface area (TPSA) is 93.3 Å². The van der Waals surface area contributed by atoms with E-state index in [2.05, 4.69) is 62.1 Å². The second-order valence-electron chi connectivity index (χ2n) is 12.5. The standard InChI is InChI=1S/2C9H14N2.4C4H8O.2Li.Mg/c2*1-9(2,3)11-7-8-5-4-6-10-8;4*1-2-4-5-3-1;;;/h2*4-6H,7H2,1-3H3;4*1-4H2;;;/q2*-2;;;;;2*+1;+2. The molecule has 0 spiro atoms. The summed E-state index contributed by atoms with van der Waals surface area (Å²) >= 11 is 0. The zero-order chi connectivity index (χ0) is 30.8. The van der Waals surface area contributed by atoms with Crippen LogP contribution < -0.4 is 47.7 Å².